The summed E-state index contributed by atoms with van der Waals surface area (Å²) >= 11 is 0. The van der Waals surface area contributed by atoms with Crippen LogP contribution in [0.2, 0.25) is 0 Å². The molecule has 1 aromatic heterocycles. The summed E-state index contributed by atoms with van der Waals surface area (Å²) in [6.45, 7) is 2.01. The highest BCUT2D eigenvalue weighted by Crippen LogP contribution is 2.23. The Hall–Kier alpha value is -1.29. The van der Waals surface area contributed by atoms with Gasteiger partial charge in [0.25, 0.3) is 0 Å². The van der Waals surface area contributed by atoms with E-state index in [0.717, 1.165) is 12.8 Å². The van der Waals surface area contributed by atoms with Crippen molar-refractivity contribution in [3.05, 3.63) is 23.7 Å². The van der Waals surface area contributed by atoms with E-state index >= 15 is 0 Å². The van der Waals surface area contributed by atoms with E-state index < -0.39 is 12.1 Å². The molecular weight excluding hydrogens is 184 g/mol. The Labute approximate surface area is 82.2 Å². The van der Waals surface area contributed by atoms with Gasteiger partial charge < -0.3 is 14.6 Å². The fraction of sp³-hybridized carbons (Fsp3) is 0.500. The van der Waals surface area contributed by atoms with E-state index in [4.69, 9.17) is 9.52 Å². The van der Waals surface area contributed by atoms with Crippen molar-refractivity contribution in [3.8, 4) is 0 Å². The Morgan fingerprint density at radius 2 is 2.36 bits per heavy atom. The third-order valence-electron chi connectivity index (χ3n) is 2.06. The van der Waals surface area contributed by atoms with Gasteiger partial charge in [0, 0.05) is 0 Å². The summed E-state index contributed by atoms with van der Waals surface area (Å²) in [6, 6.07) is 1.35. The van der Waals surface area contributed by atoms with Gasteiger partial charge in [0.2, 0.25) is 0 Å². The van der Waals surface area contributed by atoms with Gasteiger partial charge in [-0.2, -0.15) is 0 Å². The highest BCUT2D eigenvalue weighted by Gasteiger charge is 2.19. The molecule has 0 radical (unpaired) electrons. The largest absolute Gasteiger partial charge is 0.478 e. The van der Waals surface area contributed by atoms with Gasteiger partial charge in [0.1, 0.15) is 17.4 Å². The third kappa shape index (κ3) is 2.35. The van der Waals surface area contributed by atoms with Crippen LogP contribution in [-0.2, 0) is 0 Å². The molecule has 1 heterocycles. The molecule has 0 fully saturated rings. The van der Waals surface area contributed by atoms with E-state index in [9.17, 15) is 9.90 Å². The molecule has 78 valence electrons. The third-order valence-corrected chi connectivity index (χ3v) is 2.06. The lowest BCUT2D eigenvalue weighted by atomic mass is 10.1. The lowest BCUT2D eigenvalue weighted by Crippen LogP contribution is -2.04. The Kier molecular flexibility index (Phi) is 3.71. The summed E-state index contributed by atoms with van der Waals surface area (Å²) in [5.41, 5.74) is 0.0496. The number of furan rings is 1. The quantitative estimate of drug-likeness (QED) is 0.760. The second-order valence-electron chi connectivity index (χ2n) is 3.16. The first kappa shape index (κ1) is 10.8. The number of aliphatic hydroxyl groups excluding tert-OH is 1. The zero-order valence-electron chi connectivity index (χ0n) is 8.06. The lowest BCUT2D eigenvalue weighted by molar-refractivity contribution is 0.0680. The van der Waals surface area contributed by atoms with Gasteiger partial charge in [-0.3, -0.25) is 0 Å². The van der Waals surface area contributed by atoms with Crippen LogP contribution in [-0.4, -0.2) is 16.2 Å². The first-order valence-electron chi connectivity index (χ1n) is 4.65. The summed E-state index contributed by atoms with van der Waals surface area (Å²) < 4.78 is 4.95. The van der Waals surface area contributed by atoms with Crippen LogP contribution in [0.3, 0.4) is 0 Å². The molecule has 0 spiro atoms. The van der Waals surface area contributed by atoms with Crippen LogP contribution in [0.5, 0.6) is 0 Å². The van der Waals surface area contributed by atoms with Gasteiger partial charge in [-0.1, -0.05) is 19.8 Å². The predicted octanol–water partition coefficient (Wildman–Crippen LogP) is 2.20. The van der Waals surface area contributed by atoms with Gasteiger partial charge in [-0.25, -0.2) is 4.79 Å². The second kappa shape index (κ2) is 4.81. The first-order valence-corrected chi connectivity index (χ1v) is 4.65. The molecule has 0 aliphatic rings. The molecule has 14 heavy (non-hydrogen) atoms. The van der Waals surface area contributed by atoms with E-state index in [-0.39, 0.29) is 11.3 Å². The molecule has 0 aromatic carbocycles. The maximum absolute atomic E-state index is 10.7. The Balaban J connectivity index is 2.73. The van der Waals surface area contributed by atoms with Crippen LogP contribution in [0, 0.1) is 0 Å². The predicted molar refractivity (Wildman–Crippen MR) is 50.2 cm³/mol. The summed E-state index contributed by atoms with van der Waals surface area (Å²) in [6.07, 6.45) is 2.82. The number of carboxylic acids is 1. The van der Waals surface area contributed by atoms with Gasteiger partial charge in [0.15, 0.2) is 0 Å². The van der Waals surface area contributed by atoms with Crippen LogP contribution in [0.1, 0.15) is 48.4 Å². The fourth-order valence-corrected chi connectivity index (χ4v) is 1.28. The molecule has 4 heteroatoms. The zero-order valence-corrected chi connectivity index (χ0v) is 8.06. The number of aromatic carboxylic acids is 1. The molecule has 1 atom stereocenters. The number of rotatable bonds is 5. The maximum Gasteiger partial charge on any atom is 0.339 e. The number of carboxylic acid groups (broad SMARTS) is 1. The molecule has 4 nitrogen and oxygen atoms in total. The average molecular weight is 198 g/mol. The van der Waals surface area contributed by atoms with Gasteiger partial charge in [-0.05, 0) is 12.5 Å². The van der Waals surface area contributed by atoms with Crippen LogP contribution in [0.15, 0.2) is 16.7 Å². The SMILES string of the molecule is CCCCC(O)c1occc1C(=O)O. The monoisotopic (exact) mass is 198 g/mol. The van der Waals surface area contributed by atoms with Crippen molar-refractivity contribution in [2.75, 3.05) is 0 Å². The molecule has 0 saturated carbocycles. The van der Waals surface area contributed by atoms with E-state index in [0.29, 0.717) is 6.42 Å². The van der Waals surface area contributed by atoms with Crippen molar-refractivity contribution >= 4 is 5.97 Å². The number of aliphatic hydroxyl groups is 1. The standard InChI is InChI=1S/C10H14O4/c1-2-3-4-8(11)9-7(10(12)13)5-6-14-9/h5-6,8,11H,2-4H2,1H3,(H,12,13). The highest BCUT2D eigenvalue weighted by molar-refractivity contribution is 5.88. The van der Waals surface area contributed by atoms with Crippen molar-refractivity contribution in [3.63, 3.8) is 0 Å². The van der Waals surface area contributed by atoms with Crippen molar-refractivity contribution < 1.29 is 19.4 Å². The molecule has 0 amide bonds. The molecule has 1 rings (SSSR count). The number of hydrogen-bond acceptors (Lipinski definition) is 3. The number of carbonyl (C=O) groups is 1. The van der Waals surface area contributed by atoms with Crippen LogP contribution in [0.4, 0.5) is 0 Å². The molecule has 0 saturated heterocycles. The maximum atomic E-state index is 10.7. The Morgan fingerprint density at radius 1 is 1.64 bits per heavy atom. The van der Waals surface area contributed by atoms with E-state index in [1.54, 1.807) is 0 Å². The second-order valence-corrected chi connectivity index (χ2v) is 3.16. The first-order chi connectivity index (χ1) is 6.66. The van der Waals surface area contributed by atoms with Gasteiger partial charge in [0.05, 0.1) is 6.26 Å². The summed E-state index contributed by atoms with van der Waals surface area (Å²) in [5.74, 6) is -0.907. The number of hydrogen-bond donors (Lipinski definition) is 2. The summed E-state index contributed by atoms with van der Waals surface area (Å²) in [4.78, 5) is 10.7. The highest BCUT2D eigenvalue weighted by atomic mass is 16.4. The average Bonchev–Trinajstić information content (AvgIpc) is 2.62. The van der Waals surface area contributed by atoms with Crippen molar-refractivity contribution in [2.24, 2.45) is 0 Å². The molecule has 2 N–H and O–H groups in total. The smallest absolute Gasteiger partial charge is 0.339 e. The van der Waals surface area contributed by atoms with E-state index in [1.165, 1.54) is 12.3 Å². The molecule has 1 aromatic rings. The van der Waals surface area contributed by atoms with Crippen molar-refractivity contribution in [2.45, 2.75) is 32.3 Å². The molecule has 0 aliphatic heterocycles. The minimum Gasteiger partial charge on any atom is -0.478 e. The molecule has 0 bridgehead atoms. The van der Waals surface area contributed by atoms with Gasteiger partial charge in [-0.15, -0.1) is 0 Å². The minimum absolute atomic E-state index is 0.0496. The van der Waals surface area contributed by atoms with Crippen molar-refractivity contribution in [1.29, 1.82) is 0 Å². The van der Waals surface area contributed by atoms with Crippen LogP contribution < -0.4 is 0 Å². The summed E-state index contributed by atoms with van der Waals surface area (Å²) in [5, 5.41) is 18.4. The lowest BCUT2D eigenvalue weighted by Gasteiger charge is -2.07. The van der Waals surface area contributed by atoms with Gasteiger partial charge >= 0.3 is 5.97 Å². The summed E-state index contributed by atoms with van der Waals surface area (Å²) in [7, 11) is 0. The topological polar surface area (TPSA) is 70.7 Å². The fourth-order valence-electron chi connectivity index (χ4n) is 1.28. The minimum atomic E-state index is -1.07. The molecule has 0 aliphatic carbocycles. The Bertz CT molecular complexity index is 303. The molecular formula is C10H14O4. The van der Waals surface area contributed by atoms with E-state index in [1.807, 2.05) is 6.92 Å². The van der Waals surface area contributed by atoms with E-state index in [2.05, 4.69) is 0 Å². The van der Waals surface area contributed by atoms with Crippen LogP contribution in [0.25, 0.3) is 0 Å². The molecule has 1 unspecified atom stereocenters. The number of unbranched alkanes of at least 4 members (excludes halogenated alkanes) is 1. The Morgan fingerprint density at radius 3 is 2.93 bits per heavy atom. The van der Waals surface area contributed by atoms with Crippen molar-refractivity contribution in [1.82, 2.24) is 0 Å². The normalized spacial score (nSPS) is 12.7. The zero-order chi connectivity index (χ0) is 10.6. The van der Waals surface area contributed by atoms with Crippen LogP contribution >= 0.6 is 0 Å².